The maximum atomic E-state index is 10.8. The number of ether oxygens (including phenoxy) is 2. The number of methoxy groups -OCH3 is 1. The summed E-state index contributed by atoms with van der Waals surface area (Å²) in [5, 5.41) is 15.0. The molecule has 17 heavy (non-hydrogen) atoms. The van der Waals surface area contributed by atoms with E-state index in [1.165, 1.54) is 0 Å². The first kappa shape index (κ1) is 12.4. The van der Waals surface area contributed by atoms with Crippen LogP contribution in [0, 0.1) is 0 Å². The van der Waals surface area contributed by atoms with E-state index >= 15 is 0 Å². The van der Waals surface area contributed by atoms with Crippen LogP contribution in [0.2, 0.25) is 0 Å². The molecule has 1 aromatic rings. The van der Waals surface area contributed by atoms with Crippen molar-refractivity contribution < 1.29 is 14.6 Å². The third kappa shape index (κ3) is 2.17. The van der Waals surface area contributed by atoms with Crippen molar-refractivity contribution in [3.05, 3.63) is 11.9 Å². The monoisotopic (exact) mass is 240 g/mol. The van der Waals surface area contributed by atoms with E-state index in [1.54, 1.807) is 18.0 Å². The first-order valence-electron chi connectivity index (χ1n) is 6.05. The van der Waals surface area contributed by atoms with Crippen molar-refractivity contribution in [2.45, 2.75) is 44.9 Å². The topological polar surface area (TPSA) is 56.5 Å². The Kier molecular flexibility index (Phi) is 3.40. The van der Waals surface area contributed by atoms with Crippen LogP contribution in [0.25, 0.3) is 0 Å². The number of aromatic nitrogens is 2. The van der Waals surface area contributed by atoms with E-state index in [1.807, 2.05) is 13.8 Å². The molecule has 1 aromatic heterocycles. The lowest BCUT2D eigenvalue weighted by Crippen LogP contribution is -2.39. The summed E-state index contributed by atoms with van der Waals surface area (Å²) in [6, 6.07) is 0. The van der Waals surface area contributed by atoms with Gasteiger partial charge in [0.2, 0.25) is 0 Å². The highest BCUT2D eigenvalue weighted by molar-refractivity contribution is 5.31. The minimum Gasteiger partial charge on any atom is -0.493 e. The Morgan fingerprint density at radius 2 is 2.47 bits per heavy atom. The van der Waals surface area contributed by atoms with E-state index in [-0.39, 0.29) is 6.10 Å². The van der Waals surface area contributed by atoms with E-state index in [9.17, 15) is 5.11 Å². The van der Waals surface area contributed by atoms with Gasteiger partial charge in [-0.1, -0.05) is 0 Å². The lowest BCUT2D eigenvalue weighted by atomic mass is 9.87. The van der Waals surface area contributed by atoms with E-state index in [0.29, 0.717) is 25.2 Å². The Bertz CT molecular complexity index is 370. The van der Waals surface area contributed by atoms with Crippen LogP contribution in [0.15, 0.2) is 6.20 Å². The van der Waals surface area contributed by atoms with Crippen molar-refractivity contribution in [2.75, 3.05) is 13.7 Å². The summed E-state index contributed by atoms with van der Waals surface area (Å²) in [7, 11) is 1.60. The first-order chi connectivity index (χ1) is 8.10. The van der Waals surface area contributed by atoms with Gasteiger partial charge in [0.1, 0.15) is 11.3 Å². The second-order valence-electron chi connectivity index (χ2n) is 4.54. The molecule has 0 aliphatic carbocycles. The van der Waals surface area contributed by atoms with E-state index < -0.39 is 5.60 Å². The highest BCUT2D eigenvalue weighted by Crippen LogP contribution is 2.39. The molecule has 2 heterocycles. The Morgan fingerprint density at radius 3 is 3.06 bits per heavy atom. The van der Waals surface area contributed by atoms with Crippen molar-refractivity contribution in [1.82, 2.24) is 9.78 Å². The van der Waals surface area contributed by atoms with Crippen LogP contribution < -0.4 is 4.74 Å². The van der Waals surface area contributed by atoms with Gasteiger partial charge in [0.25, 0.3) is 0 Å². The number of nitrogens with zero attached hydrogens (tertiary/aromatic N) is 2. The van der Waals surface area contributed by atoms with Crippen molar-refractivity contribution in [3.63, 3.8) is 0 Å². The summed E-state index contributed by atoms with van der Waals surface area (Å²) >= 11 is 0. The molecule has 5 heteroatoms. The highest BCUT2D eigenvalue weighted by atomic mass is 16.5. The quantitative estimate of drug-likeness (QED) is 0.865. The van der Waals surface area contributed by atoms with Crippen molar-refractivity contribution >= 4 is 0 Å². The molecule has 0 aromatic carbocycles. The fraction of sp³-hybridized carbons (Fsp3) is 0.750. The molecule has 96 valence electrons. The van der Waals surface area contributed by atoms with Crippen LogP contribution in [0.3, 0.4) is 0 Å². The number of hydrogen-bond donors (Lipinski definition) is 1. The average Bonchev–Trinajstić information content (AvgIpc) is 2.72. The Morgan fingerprint density at radius 1 is 1.71 bits per heavy atom. The minimum absolute atomic E-state index is 0.0543. The predicted molar refractivity (Wildman–Crippen MR) is 63.0 cm³/mol. The van der Waals surface area contributed by atoms with Gasteiger partial charge in [-0.2, -0.15) is 5.10 Å². The molecule has 2 atom stereocenters. The summed E-state index contributed by atoms with van der Waals surface area (Å²) in [5.41, 5.74) is -0.118. The van der Waals surface area contributed by atoms with E-state index in [4.69, 9.17) is 9.47 Å². The largest absolute Gasteiger partial charge is 0.493 e. The summed E-state index contributed by atoms with van der Waals surface area (Å²) < 4.78 is 12.6. The fourth-order valence-corrected chi connectivity index (χ4v) is 2.51. The lowest BCUT2D eigenvalue weighted by molar-refractivity contribution is -0.106. The van der Waals surface area contributed by atoms with Crippen molar-refractivity contribution in [1.29, 1.82) is 0 Å². The number of aliphatic hydroxyl groups is 1. The zero-order valence-corrected chi connectivity index (χ0v) is 10.6. The Balaban J connectivity index is 2.39. The Labute approximate surface area is 101 Å². The maximum Gasteiger partial charge on any atom is 0.162 e. The summed E-state index contributed by atoms with van der Waals surface area (Å²) in [5.74, 6) is 0.656. The molecule has 1 aliphatic heterocycles. The maximum absolute atomic E-state index is 10.8. The van der Waals surface area contributed by atoms with Crippen molar-refractivity contribution in [3.8, 4) is 5.75 Å². The SMILES string of the molecule is CCn1ncc(OC)c1C1(O)CCOC(C)C1. The van der Waals surface area contributed by atoms with Gasteiger partial charge in [-0.25, -0.2) is 0 Å². The molecule has 0 radical (unpaired) electrons. The van der Waals surface area contributed by atoms with Crippen LogP contribution in [-0.4, -0.2) is 34.7 Å². The second-order valence-corrected chi connectivity index (χ2v) is 4.54. The van der Waals surface area contributed by atoms with Gasteiger partial charge in [0.05, 0.1) is 26.0 Å². The normalized spacial score (nSPS) is 29.3. The first-order valence-corrected chi connectivity index (χ1v) is 6.05. The van der Waals surface area contributed by atoms with E-state index in [0.717, 1.165) is 12.2 Å². The number of aryl methyl sites for hydroxylation is 1. The predicted octanol–water partition coefficient (Wildman–Crippen LogP) is 1.30. The summed E-state index contributed by atoms with van der Waals surface area (Å²) in [6.07, 6.45) is 2.88. The van der Waals surface area contributed by atoms with Gasteiger partial charge >= 0.3 is 0 Å². The minimum atomic E-state index is -0.893. The molecule has 2 rings (SSSR count). The highest BCUT2D eigenvalue weighted by Gasteiger charge is 2.40. The van der Waals surface area contributed by atoms with Crippen LogP contribution in [-0.2, 0) is 16.9 Å². The lowest BCUT2D eigenvalue weighted by Gasteiger charge is -2.36. The molecule has 0 bridgehead atoms. The third-order valence-electron chi connectivity index (χ3n) is 3.31. The molecule has 1 N–H and O–H groups in total. The fourth-order valence-electron chi connectivity index (χ4n) is 2.51. The molecule has 5 nitrogen and oxygen atoms in total. The second kappa shape index (κ2) is 4.66. The van der Waals surface area contributed by atoms with Gasteiger partial charge in [-0.05, 0) is 13.8 Å². The van der Waals surface area contributed by atoms with Crippen LogP contribution in [0.4, 0.5) is 0 Å². The van der Waals surface area contributed by atoms with Gasteiger partial charge in [0.15, 0.2) is 5.75 Å². The van der Waals surface area contributed by atoms with Gasteiger partial charge in [0, 0.05) is 19.4 Å². The third-order valence-corrected chi connectivity index (χ3v) is 3.31. The smallest absolute Gasteiger partial charge is 0.162 e. The number of rotatable bonds is 3. The molecule has 1 fully saturated rings. The molecule has 1 saturated heterocycles. The molecule has 0 amide bonds. The molecule has 0 spiro atoms. The Hall–Kier alpha value is -1.07. The van der Waals surface area contributed by atoms with Gasteiger partial charge in [-0.15, -0.1) is 0 Å². The zero-order chi connectivity index (χ0) is 12.5. The van der Waals surface area contributed by atoms with E-state index in [2.05, 4.69) is 5.10 Å². The van der Waals surface area contributed by atoms with Crippen LogP contribution in [0.5, 0.6) is 5.75 Å². The van der Waals surface area contributed by atoms with Crippen LogP contribution >= 0.6 is 0 Å². The van der Waals surface area contributed by atoms with Gasteiger partial charge in [-0.3, -0.25) is 4.68 Å². The van der Waals surface area contributed by atoms with Gasteiger partial charge < -0.3 is 14.6 Å². The molecular weight excluding hydrogens is 220 g/mol. The zero-order valence-electron chi connectivity index (χ0n) is 10.6. The summed E-state index contributed by atoms with van der Waals surface area (Å²) in [4.78, 5) is 0. The molecule has 0 saturated carbocycles. The molecule has 2 unspecified atom stereocenters. The summed E-state index contributed by atoms with van der Waals surface area (Å²) in [6.45, 7) is 5.26. The number of hydrogen-bond acceptors (Lipinski definition) is 4. The molecule has 1 aliphatic rings. The standard InChI is InChI=1S/C12H20N2O3/c1-4-14-11(10(16-3)8-13-14)12(15)5-6-17-9(2)7-12/h8-9,15H,4-7H2,1-3H3. The molecular formula is C12H20N2O3. The van der Waals surface area contributed by atoms with Crippen molar-refractivity contribution in [2.24, 2.45) is 0 Å². The average molecular weight is 240 g/mol. The van der Waals surface area contributed by atoms with Crippen LogP contribution in [0.1, 0.15) is 32.4 Å².